The Morgan fingerprint density at radius 3 is 2.35 bits per heavy atom. The molecule has 0 aromatic carbocycles. The summed E-state index contributed by atoms with van der Waals surface area (Å²) in [6.07, 6.45) is 2.89. The van der Waals surface area contributed by atoms with E-state index in [0.29, 0.717) is 6.54 Å². The Morgan fingerprint density at radius 1 is 1.30 bits per heavy atom. The summed E-state index contributed by atoms with van der Waals surface area (Å²) in [5.74, 6) is 0.304. The Bertz CT molecular complexity index is 397. The molecule has 4 nitrogen and oxygen atoms in total. The van der Waals surface area contributed by atoms with Gasteiger partial charge in [-0.3, -0.25) is 9.59 Å². The topological polar surface area (TPSA) is 49.4 Å². The van der Waals surface area contributed by atoms with Gasteiger partial charge in [-0.25, -0.2) is 0 Å². The lowest BCUT2D eigenvalue weighted by molar-refractivity contribution is -0.151. The molecule has 3 unspecified atom stereocenters. The number of nitrogens with one attached hydrogen (secondary N) is 1. The lowest BCUT2D eigenvalue weighted by Crippen LogP contribution is -2.66. The summed E-state index contributed by atoms with van der Waals surface area (Å²) in [6.45, 7) is 12.5. The first-order valence-corrected chi connectivity index (χ1v) is 7.53. The third-order valence-electron chi connectivity index (χ3n) is 3.99. The number of amides is 2. The maximum Gasteiger partial charge on any atom is 0.246 e. The van der Waals surface area contributed by atoms with Crippen LogP contribution in [0, 0.1) is 11.8 Å². The van der Waals surface area contributed by atoms with Crippen LogP contribution < -0.4 is 5.32 Å². The van der Waals surface area contributed by atoms with Gasteiger partial charge >= 0.3 is 0 Å². The molecule has 3 atom stereocenters. The normalized spacial score (nSPS) is 24.6. The summed E-state index contributed by atoms with van der Waals surface area (Å²) in [4.78, 5) is 26.8. The van der Waals surface area contributed by atoms with Gasteiger partial charge in [0.1, 0.15) is 12.1 Å². The molecule has 0 aliphatic carbocycles. The Hall–Kier alpha value is -1.32. The molecule has 114 valence electrons. The van der Waals surface area contributed by atoms with E-state index >= 15 is 0 Å². The van der Waals surface area contributed by atoms with Crippen LogP contribution in [0.5, 0.6) is 0 Å². The fraction of sp³-hybridized carbons (Fsp3) is 0.750. The van der Waals surface area contributed by atoms with Crippen LogP contribution in [0.2, 0.25) is 0 Å². The first-order valence-electron chi connectivity index (χ1n) is 7.53. The Morgan fingerprint density at radius 2 is 1.90 bits per heavy atom. The third-order valence-corrected chi connectivity index (χ3v) is 3.99. The van der Waals surface area contributed by atoms with Crippen molar-refractivity contribution >= 4 is 11.8 Å². The molecule has 1 aliphatic rings. The van der Waals surface area contributed by atoms with Gasteiger partial charge in [0.05, 0.1) is 0 Å². The first-order chi connectivity index (χ1) is 9.29. The van der Waals surface area contributed by atoms with Crippen molar-refractivity contribution in [2.75, 3.05) is 6.54 Å². The minimum absolute atomic E-state index is 0.0212. The number of allylic oxidation sites excluding steroid dienone is 1. The van der Waals surface area contributed by atoms with E-state index in [1.165, 1.54) is 0 Å². The maximum absolute atomic E-state index is 12.7. The number of rotatable bonds is 5. The molecule has 20 heavy (non-hydrogen) atoms. The monoisotopic (exact) mass is 280 g/mol. The van der Waals surface area contributed by atoms with Gasteiger partial charge in [0.25, 0.3) is 0 Å². The van der Waals surface area contributed by atoms with Gasteiger partial charge in [-0.2, -0.15) is 0 Å². The fourth-order valence-electron chi connectivity index (χ4n) is 2.53. The fourth-order valence-corrected chi connectivity index (χ4v) is 2.53. The lowest BCUT2D eigenvalue weighted by Gasteiger charge is -2.42. The summed E-state index contributed by atoms with van der Waals surface area (Å²) in [6, 6.07) is -0.744. The molecule has 1 fully saturated rings. The second kappa shape index (κ2) is 6.91. The van der Waals surface area contributed by atoms with Crippen LogP contribution in [0.3, 0.4) is 0 Å². The summed E-state index contributed by atoms with van der Waals surface area (Å²) < 4.78 is 0. The zero-order chi connectivity index (χ0) is 15.4. The summed E-state index contributed by atoms with van der Waals surface area (Å²) in [7, 11) is 0. The molecule has 1 N–H and O–H groups in total. The molecule has 0 bridgehead atoms. The first kappa shape index (κ1) is 16.7. The van der Waals surface area contributed by atoms with E-state index in [-0.39, 0.29) is 35.7 Å². The van der Waals surface area contributed by atoms with Gasteiger partial charge in [-0.05, 0) is 25.7 Å². The number of hydrogen-bond acceptors (Lipinski definition) is 2. The molecule has 0 aromatic heterocycles. The van der Waals surface area contributed by atoms with Crippen molar-refractivity contribution in [2.45, 2.75) is 60.0 Å². The van der Waals surface area contributed by atoms with Crippen LogP contribution >= 0.6 is 0 Å². The van der Waals surface area contributed by atoms with Gasteiger partial charge in [0.2, 0.25) is 11.8 Å². The van der Waals surface area contributed by atoms with Crippen molar-refractivity contribution in [1.82, 2.24) is 10.2 Å². The van der Waals surface area contributed by atoms with E-state index in [4.69, 9.17) is 0 Å². The van der Waals surface area contributed by atoms with Crippen molar-refractivity contribution in [3.8, 4) is 0 Å². The molecule has 0 saturated carbocycles. The standard InChI is InChI=1S/C16H28N2O2/c1-7-12(6)13-16(20)18(9-8-10(2)3)14(11(4)5)15(19)17-13/h8,11-14H,7,9H2,1-6H3,(H,17,19). The quantitative estimate of drug-likeness (QED) is 0.786. The van der Waals surface area contributed by atoms with Crippen LogP contribution in [-0.4, -0.2) is 35.3 Å². The molecule has 0 aromatic rings. The van der Waals surface area contributed by atoms with Crippen LogP contribution in [0.25, 0.3) is 0 Å². The molecule has 1 aliphatic heterocycles. The molecule has 0 radical (unpaired) electrons. The van der Waals surface area contributed by atoms with E-state index in [1.807, 2.05) is 47.6 Å². The Balaban J connectivity index is 3.04. The summed E-state index contributed by atoms with van der Waals surface area (Å²) in [5.41, 5.74) is 1.16. The van der Waals surface area contributed by atoms with Crippen molar-refractivity contribution in [2.24, 2.45) is 11.8 Å². The molecular weight excluding hydrogens is 252 g/mol. The smallest absolute Gasteiger partial charge is 0.246 e. The van der Waals surface area contributed by atoms with Crippen LogP contribution in [0.4, 0.5) is 0 Å². The number of piperazine rings is 1. The highest BCUT2D eigenvalue weighted by molar-refractivity contribution is 5.97. The number of hydrogen-bond donors (Lipinski definition) is 1. The summed E-state index contributed by atoms with van der Waals surface area (Å²) in [5, 5.41) is 2.92. The van der Waals surface area contributed by atoms with Crippen LogP contribution in [-0.2, 0) is 9.59 Å². The largest absolute Gasteiger partial charge is 0.342 e. The second-order valence-corrected chi connectivity index (χ2v) is 6.33. The van der Waals surface area contributed by atoms with Crippen molar-refractivity contribution < 1.29 is 9.59 Å². The molecule has 1 rings (SSSR count). The zero-order valence-corrected chi connectivity index (χ0v) is 13.6. The predicted octanol–water partition coefficient (Wildman–Crippen LogP) is 2.35. The molecule has 2 amide bonds. The van der Waals surface area contributed by atoms with Crippen molar-refractivity contribution in [1.29, 1.82) is 0 Å². The molecular formula is C16H28N2O2. The average Bonchev–Trinajstić information content (AvgIpc) is 2.37. The van der Waals surface area contributed by atoms with Gasteiger partial charge in [-0.1, -0.05) is 45.8 Å². The third kappa shape index (κ3) is 3.62. The highest BCUT2D eigenvalue weighted by atomic mass is 16.2. The highest BCUT2D eigenvalue weighted by Gasteiger charge is 2.42. The number of carbonyl (C=O) groups excluding carboxylic acids is 2. The van der Waals surface area contributed by atoms with E-state index in [0.717, 1.165) is 12.0 Å². The van der Waals surface area contributed by atoms with E-state index in [9.17, 15) is 9.59 Å². The van der Waals surface area contributed by atoms with Crippen molar-refractivity contribution in [3.63, 3.8) is 0 Å². The SMILES string of the molecule is CCC(C)C1NC(=O)C(C(C)C)N(CC=C(C)C)C1=O. The number of carbonyl (C=O) groups is 2. The van der Waals surface area contributed by atoms with Gasteiger partial charge < -0.3 is 10.2 Å². The van der Waals surface area contributed by atoms with E-state index in [1.54, 1.807) is 4.90 Å². The second-order valence-electron chi connectivity index (χ2n) is 6.33. The van der Waals surface area contributed by atoms with Crippen LogP contribution in [0.15, 0.2) is 11.6 Å². The van der Waals surface area contributed by atoms with E-state index < -0.39 is 0 Å². The van der Waals surface area contributed by atoms with Crippen LogP contribution in [0.1, 0.15) is 48.0 Å². The summed E-state index contributed by atoms with van der Waals surface area (Å²) >= 11 is 0. The maximum atomic E-state index is 12.7. The molecule has 0 spiro atoms. The number of nitrogens with zero attached hydrogens (tertiary/aromatic N) is 1. The highest BCUT2D eigenvalue weighted by Crippen LogP contribution is 2.22. The average molecular weight is 280 g/mol. The van der Waals surface area contributed by atoms with Crippen molar-refractivity contribution in [3.05, 3.63) is 11.6 Å². The molecule has 4 heteroatoms. The zero-order valence-electron chi connectivity index (χ0n) is 13.6. The van der Waals surface area contributed by atoms with Gasteiger partial charge in [0, 0.05) is 6.54 Å². The minimum atomic E-state index is -0.381. The predicted molar refractivity (Wildman–Crippen MR) is 81.2 cm³/mol. The van der Waals surface area contributed by atoms with E-state index in [2.05, 4.69) is 5.32 Å². The van der Waals surface area contributed by atoms with Gasteiger partial charge in [-0.15, -0.1) is 0 Å². The van der Waals surface area contributed by atoms with Gasteiger partial charge in [0.15, 0.2) is 0 Å². The molecule has 1 saturated heterocycles. The Labute approximate surface area is 122 Å². The lowest BCUT2D eigenvalue weighted by atomic mass is 9.91. The minimum Gasteiger partial charge on any atom is -0.342 e. The Kier molecular flexibility index (Phi) is 5.78. The molecule has 1 heterocycles.